The quantitative estimate of drug-likeness (QED) is 0.597. The van der Waals surface area contributed by atoms with Crippen molar-refractivity contribution in [2.24, 2.45) is 5.84 Å². The molecule has 0 aliphatic heterocycles. The molecule has 4 heteroatoms. The van der Waals surface area contributed by atoms with E-state index in [1.54, 1.807) is 11.3 Å². The van der Waals surface area contributed by atoms with Gasteiger partial charge in [0, 0.05) is 10.1 Å². The Bertz CT molecular complexity index is 410. The summed E-state index contributed by atoms with van der Waals surface area (Å²) in [6.07, 6.45) is 0. The first-order chi connectivity index (χ1) is 5.81. The first kappa shape index (κ1) is 8.04. The molecule has 0 radical (unpaired) electrons. The van der Waals surface area contributed by atoms with Crippen LogP contribution in [0.15, 0.2) is 28.1 Å². The van der Waals surface area contributed by atoms with Crippen LogP contribution in [-0.4, -0.2) is 0 Å². The van der Waals surface area contributed by atoms with Crippen LogP contribution >= 0.6 is 27.3 Å². The minimum atomic E-state index is 0.967. The maximum atomic E-state index is 5.36. The number of hydrogen-bond donors (Lipinski definition) is 2. The number of nitrogens with two attached hydrogens (primary N) is 1. The zero-order valence-electron chi connectivity index (χ0n) is 6.17. The van der Waals surface area contributed by atoms with Crippen LogP contribution in [0.5, 0.6) is 0 Å². The van der Waals surface area contributed by atoms with Gasteiger partial charge in [-0.1, -0.05) is 6.07 Å². The van der Waals surface area contributed by atoms with Gasteiger partial charge < -0.3 is 5.43 Å². The lowest BCUT2D eigenvalue weighted by molar-refractivity contribution is 1.37. The molecule has 1 heterocycles. The molecular weight excluding hydrogens is 236 g/mol. The van der Waals surface area contributed by atoms with Crippen LogP contribution in [0.3, 0.4) is 0 Å². The molecule has 2 nitrogen and oxygen atoms in total. The monoisotopic (exact) mass is 242 g/mol. The van der Waals surface area contributed by atoms with Gasteiger partial charge in [0.2, 0.25) is 0 Å². The number of rotatable bonds is 1. The molecule has 12 heavy (non-hydrogen) atoms. The number of hydrazine groups is 1. The fourth-order valence-corrected chi connectivity index (χ4v) is 2.72. The molecule has 0 aliphatic carbocycles. The van der Waals surface area contributed by atoms with Crippen LogP contribution in [0.4, 0.5) is 5.69 Å². The number of fused-ring (bicyclic) bond motifs is 1. The number of nitrogen functional groups attached to an aromatic ring is 1. The molecule has 0 saturated heterocycles. The van der Waals surface area contributed by atoms with E-state index in [0.717, 1.165) is 14.9 Å². The van der Waals surface area contributed by atoms with Crippen LogP contribution in [0.2, 0.25) is 0 Å². The van der Waals surface area contributed by atoms with Crippen molar-refractivity contribution in [1.29, 1.82) is 0 Å². The topological polar surface area (TPSA) is 38.0 Å². The molecule has 62 valence electrons. The van der Waals surface area contributed by atoms with E-state index in [-0.39, 0.29) is 0 Å². The molecule has 1 aromatic heterocycles. The first-order valence-electron chi connectivity index (χ1n) is 3.46. The second-order valence-electron chi connectivity index (χ2n) is 2.41. The second kappa shape index (κ2) is 3.05. The van der Waals surface area contributed by atoms with Crippen molar-refractivity contribution in [2.75, 3.05) is 5.43 Å². The molecule has 2 rings (SSSR count). The molecule has 3 N–H and O–H groups in total. The fraction of sp³-hybridized carbons (Fsp3) is 0. The average molecular weight is 243 g/mol. The van der Waals surface area contributed by atoms with Crippen LogP contribution in [0, 0.1) is 0 Å². The highest BCUT2D eigenvalue weighted by Crippen LogP contribution is 2.33. The lowest BCUT2D eigenvalue weighted by Gasteiger charge is -1.99. The summed E-state index contributed by atoms with van der Waals surface area (Å²) in [7, 11) is 0. The molecule has 0 unspecified atom stereocenters. The maximum Gasteiger partial charge on any atom is 0.0711 e. The Kier molecular flexibility index (Phi) is 2.04. The van der Waals surface area contributed by atoms with Crippen molar-refractivity contribution in [3.05, 3.63) is 28.1 Å². The van der Waals surface area contributed by atoms with Gasteiger partial charge >= 0.3 is 0 Å². The van der Waals surface area contributed by atoms with E-state index in [1.165, 1.54) is 4.70 Å². The lowest BCUT2D eigenvalue weighted by atomic mass is 10.2. The largest absolute Gasteiger partial charge is 0.323 e. The maximum absolute atomic E-state index is 5.36. The van der Waals surface area contributed by atoms with Gasteiger partial charge in [-0.3, -0.25) is 5.84 Å². The highest BCUT2D eigenvalue weighted by molar-refractivity contribution is 9.11. The number of nitrogens with one attached hydrogen (secondary N) is 1. The summed E-state index contributed by atoms with van der Waals surface area (Å²) in [5, 5.41) is 1.16. The standard InChI is InChI=1S/C8H7BrN2S/c9-8-4-5-6(11-10)2-1-3-7(5)12-8/h1-4,11H,10H2. The third-order valence-electron chi connectivity index (χ3n) is 1.69. The highest BCUT2D eigenvalue weighted by Gasteiger charge is 2.02. The summed E-state index contributed by atoms with van der Waals surface area (Å²) < 4.78 is 2.36. The molecule has 0 atom stereocenters. The summed E-state index contributed by atoms with van der Waals surface area (Å²) in [5.74, 6) is 5.36. The molecule has 0 saturated carbocycles. The number of halogens is 1. The molecule has 2 aromatic rings. The van der Waals surface area contributed by atoms with E-state index in [9.17, 15) is 0 Å². The van der Waals surface area contributed by atoms with E-state index < -0.39 is 0 Å². The van der Waals surface area contributed by atoms with Gasteiger partial charge in [-0.2, -0.15) is 0 Å². The number of anilines is 1. The molecule has 0 aliphatic rings. The summed E-state index contributed by atoms with van der Waals surface area (Å²) >= 11 is 5.14. The van der Waals surface area contributed by atoms with Crippen LogP contribution in [0.25, 0.3) is 10.1 Å². The van der Waals surface area contributed by atoms with Gasteiger partial charge in [-0.05, 0) is 34.1 Å². The molecule has 0 bridgehead atoms. The van der Waals surface area contributed by atoms with Gasteiger partial charge in [0.1, 0.15) is 0 Å². The normalized spacial score (nSPS) is 10.5. The zero-order chi connectivity index (χ0) is 8.55. The summed E-state index contributed by atoms with van der Waals surface area (Å²) in [6.45, 7) is 0. The smallest absolute Gasteiger partial charge is 0.0711 e. The minimum Gasteiger partial charge on any atom is -0.323 e. The van der Waals surface area contributed by atoms with E-state index >= 15 is 0 Å². The predicted octanol–water partition coefficient (Wildman–Crippen LogP) is 2.95. The van der Waals surface area contributed by atoms with Crippen LogP contribution < -0.4 is 11.3 Å². The third-order valence-corrected chi connectivity index (χ3v) is 3.29. The second-order valence-corrected chi connectivity index (χ2v) is 4.88. The average Bonchev–Trinajstić information content (AvgIpc) is 2.44. The fourth-order valence-electron chi connectivity index (χ4n) is 1.16. The summed E-state index contributed by atoms with van der Waals surface area (Å²) in [4.78, 5) is 0. The van der Waals surface area contributed by atoms with E-state index in [0.29, 0.717) is 0 Å². The Labute approximate surface area is 82.5 Å². The Hall–Kier alpha value is -0.580. The van der Waals surface area contributed by atoms with Crippen molar-refractivity contribution < 1.29 is 0 Å². The Morgan fingerprint density at radius 3 is 3.00 bits per heavy atom. The van der Waals surface area contributed by atoms with Crippen LogP contribution in [0.1, 0.15) is 0 Å². The van der Waals surface area contributed by atoms with Crippen molar-refractivity contribution in [3.63, 3.8) is 0 Å². The molecular formula is C8H7BrN2S. The lowest BCUT2D eigenvalue weighted by Crippen LogP contribution is -2.06. The summed E-state index contributed by atoms with van der Waals surface area (Å²) in [5.41, 5.74) is 3.64. The molecule has 0 fully saturated rings. The Morgan fingerprint density at radius 1 is 1.42 bits per heavy atom. The highest BCUT2D eigenvalue weighted by atomic mass is 79.9. The van der Waals surface area contributed by atoms with Crippen molar-refractivity contribution in [3.8, 4) is 0 Å². The van der Waals surface area contributed by atoms with Crippen molar-refractivity contribution >= 4 is 43.0 Å². The van der Waals surface area contributed by atoms with E-state index in [4.69, 9.17) is 5.84 Å². The van der Waals surface area contributed by atoms with Gasteiger partial charge in [-0.25, -0.2) is 0 Å². The first-order valence-corrected chi connectivity index (χ1v) is 5.07. The molecule has 0 spiro atoms. The van der Waals surface area contributed by atoms with E-state index in [2.05, 4.69) is 33.5 Å². The molecule has 1 aromatic carbocycles. The summed E-state index contributed by atoms with van der Waals surface area (Å²) in [6, 6.07) is 8.09. The molecule has 0 amide bonds. The van der Waals surface area contributed by atoms with E-state index in [1.807, 2.05) is 12.1 Å². The zero-order valence-corrected chi connectivity index (χ0v) is 8.58. The Balaban J connectivity index is 2.78. The van der Waals surface area contributed by atoms with Crippen molar-refractivity contribution in [1.82, 2.24) is 0 Å². The van der Waals surface area contributed by atoms with Gasteiger partial charge in [0.15, 0.2) is 0 Å². The Morgan fingerprint density at radius 2 is 2.25 bits per heavy atom. The van der Waals surface area contributed by atoms with Gasteiger partial charge in [0.25, 0.3) is 0 Å². The SMILES string of the molecule is NNc1cccc2sc(Br)cc12. The predicted molar refractivity (Wildman–Crippen MR) is 57.3 cm³/mol. The van der Waals surface area contributed by atoms with Crippen LogP contribution in [-0.2, 0) is 0 Å². The van der Waals surface area contributed by atoms with Crippen molar-refractivity contribution in [2.45, 2.75) is 0 Å². The van der Waals surface area contributed by atoms with Gasteiger partial charge in [-0.15, -0.1) is 11.3 Å². The number of benzene rings is 1. The third kappa shape index (κ3) is 1.22. The van der Waals surface area contributed by atoms with Gasteiger partial charge in [0.05, 0.1) is 9.47 Å². The number of hydrogen-bond acceptors (Lipinski definition) is 3. The minimum absolute atomic E-state index is 0.967. The number of thiophene rings is 1.